The van der Waals surface area contributed by atoms with Crippen molar-refractivity contribution in [3.63, 3.8) is 0 Å². The minimum atomic E-state index is -1.53. The molecule has 0 spiro atoms. The molecule has 2 aromatic rings. The van der Waals surface area contributed by atoms with Gasteiger partial charge in [0, 0.05) is 11.1 Å². The number of rotatable bonds is 3. The van der Waals surface area contributed by atoms with E-state index in [1.54, 1.807) is 30.3 Å². The summed E-state index contributed by atoms with van der Waals surface area (Å²) >= 11 is 0. The van der Waals surface area contributed by atoms with Gasteiger partial charge in [0.05, 0.1) is 0 Å². The molecule has 0 fully saturated rings. The SMILES string of the molecule is CC1(c2ccc(F)cc2)OC(NC(=O)c2ccccc2)=C(O)C1=O. The van der Waals surface area contributed by atoms with Crippen molar-refractivity contribution in [3.05, 3.63) is 83.2 Å². The minimum Gasteiger partial charge on any atom is -0.501 e. The number of hydrogen-bond acceptors (Lipinski definition) is 4. The Morgan fingerprint density at radius 1 is 1.12 bits per heavy atom. The number of aliphatic hydroxyl groups excluding tert-OH is 1. The Labute approximate surface area is 137 Å². The second kappa shape index (κ2) is 5.81. The second-order valence-electron chi connectivity index (χ2n) is 5.47. The molecule has 0 saturated carbocycles. The van der Waals surface area contributed by atoms with Gasteiger partial charge in [0.2, 0.25) is 11.6 Å². The van der Waals surface area contributed by atoms with Gasteiger partial charge in [-0.25, -0.2) is 4.39 Å². The third-order valence-corrected chi connectivity index (χ3v) is 3.83. The lowest BCUT2D eigenvalue weighted by molar-refractivity contribution is -0.131. The number of amides is 1. The molecule has 1 atom stereocenters. The first-order valence-electron chi connectivity index (χ1n) is 7.21. The maximum absolute atomic E-state index is 13.1. The van der Waals surface area contributed by atoms with E-state index in [1.165, 1.54) is 31.2 Å². The molecule has 122 valence electrons. The molecule has 1 unspecified atom stereocenters. The van der Waals surface area contributed by atoms with Crippen molar-refractivity contribution in [3.8, 4) is 0 Å². The first-order valence-corrected chi connectivity index (χ1v) is 7.21. The number of hydrogen-bond donors (Lipinski definition) is 2. The highest BCUT2D eigenvalue weighted by Gasteiger charge is 2.48. The number of ether oxygens (including phenoxy) is 1. The van der Waals surface area contributed by atoms with Crippen LogP contribution in [0.25, 0.3) is 0 Å². The van der Waals surface area contributed by atoms with Crippen LogP contribution in [-0.2, 0) is 15.1 Å². The lowest BCUT2D eigenvalue weighted by atomic mass is 9.92. The van der Waals surface area contributed by atoms with E-state index in [9.17, 15) is 19.1 Å². The molecule has 24 heavy (non-hydrogen) atoms. The highest BCUT2D eigenvalue weighted by Crippen LogP contribution is 2.37. The first-order chi connectivity index (χ1) is 11.4. The Hall–Kier alpha value is -3.15. The quantitative estimate of drug-likeness (QED) is 0.909. The van der Waals surface area contributed by atoms with Gasteiger partial charge in [-0.1, -0.05) is 30.3 Å². The summed E-state index contributed by atoms with van der Waals surface area (Å²) in [6.07, 6.45) is 0. The number of ketones is 1. The average Bonchev–Trinajstić information content (AvgIpc) is 2.81. The van der Waals surface area contributed by atoms with Crippen LogP contribution >= 0.6 is 0 Å². The highest BCUT2D eigenvalue weighted by atomic mass is 19.1. The van der Waals surface area contributed by atoms with Crippen LogP contribution in [0.1, 0.15) is 22.8 Å². The molecular formula is C18H14FNO4. The fraction of sp³-hybridized carbons (Fsp3) is 0.111. The van der Waals surface area contributed by atoms with Crippen molar-refractivity contribution < 1.29 is 23.8 Å². The van der Waals surface area contributed by atoms with Gasteiger partial charge in [-0.3, -0.25) is 14.9 Å². The monoisotopic (exact) mass is 327 g/mol. The van der Waals surface area contributed by atoms with Gasteiger partial charge in [0.25, 0.3) is 11.7 Å². The molecule has 3 rings (SSSR count). The zero-order valence-electron chi connectivity index (χ0n) is 12.7. The summed E-state index contributed by atoms with van der Waals surface area (Å²) in [6, 6.07) is 13.5. The van der Waals surface area contributed by atoms with Gasteiger partial charge in [-0.05, 0) is 31.2 Å². The zero-order chi connectivity index (χ0) is 17.3. The molecule has 1 aliphatic rings. The fourth-order valence-electron chi connectivity index (χ4n) is 2.44. The molecule has 1 heterocycles. The molecule has 5 nitrogen and oxygen atoms in total. The summed E-state index contributed by atoms with van der Waals surface area (Å²) in [4.78, 5) is 24.5. The van der Waals surface area contributed by atoms with Crippen LogP contribution in [0.5, 0.6) is 0 Å². The van der Waals surface area contributed by atoms with Crippen molar-refractivity contribution in [1.29, 1.82) is 0 Å². The van der Waals surface area contributed by atoms with Crippen LogP contribution in [0.2, 0.25) is 0 Å². The van der Waals surface area contributed by atoms with Gasteiger partial charge in [-0.2, -0.15) is 0 Å². The molecule has 1 aliphatic heterocycles. The molecule has 0 aliphatic carbocycles. The number of halogens is 1. The Morgan fingerprint density at radius 2 is 1.75 bits per heavy atom. The van der Waals surface area contributed by atoms with Crippen LogP contribution in [0.15, 0.2) is 66.2 Å². The summed E-state index contributed by atoms with van der Waals surface area (Å²) in [5, 5.41) is 12.4. The molecule has 1 amide bonds. The number of Topliss-reactive ketones (excluding diaryl/α,β-unsaturated/α-hetero) is 1. The van der Waals surface area contributed by atoms with Crippen molar-refractivity contribution in [2.24, 2.45) is 0 Å². The van der Waals surface area contributed by atoms with Crippen LogP contribution in [0.3, 0.4) is 0 Å². The minimum absolute atomic E-state index is 0.319. The van der Waals surface area contributed by atoms with Crippen LogP contribution in [0, 0.1) is 5.82 Å². The van der Waals surface area contributed by atoms with Gasteiger partial charge >= 0.3 is 0 Å². The summed E-state index contributed by atoms with van der Waals surface area (Å²) in [7, 11) is 0. The normalized spacial score (nSPS) is 20.0. The van der Waals surface area contributed by atoms with Crippen LogP contribution in [-0.4, -0.2) is 16.8 Å². The molecule has 0 saturated heterocycles. The predicted octanol–water partition coefficient (Wildman–Crippen LogP) is 2.80. The second-order valence-corrected chi connectivity index (χ2v) is 5.47. The standard InChI is InChI=1S/C18H14FNO4/c1-18(12-7-9-13(19)10-8-12)15(22)14(21)17(24-18)20-16(23)11-5-3-2-4-6-11/h2-10,21H,1H3,(H,20,23). The van der Waals surface area contributed by atoms with Gasteiger partial charge in [0.15, 0.2) is 5.60 Å². The highest BCUT2D eigenvalue weighted by molar-refractivity contribution is 6.04. The molecule has 2 aromatic carbocycles. The van der Waals surface area contributed by atoms with Crippen molar-refractivity contribution in [2.45, 2.75) is 12.5 Å². The third-order valence-electron chi connectivity index (χ3n) is 3.83. The van der Waals surface area contributed by atoms with Crippen molar-refractivity contribution in [1.82, 2.24) is 5.32 Å². The molecule has 2 N–H and O–H groups in total. The van der Waals surface area contributed by atoms with E-state index in [0.717, 1.165) is 0 Å². The van der Waals surface area contributed by atoms with Crippen LogP contribution in [0.4, 0.5) is 4.39 Å². The van der Waals surface area contributed by atoms with E-state index in [4.69, 9.17) is 4.74 Å². The van der Waals surface area contributed by atoms with Gasteiger partial charge in [-0.15, -0.1) is 0 Å². The molecule has 0 bridgehead atoms. The van der Waals surface area contributed by atoms with E-state index in [1.807, 2.05) is 0 Å². The number of carbonyl (C=O) groups is 2. The number of aliphatic hydroxyl groups is 1. The number of benzene rings is 2. The molecule has 6 heteroatoms. The van der Waals surface area contributed by atoms with E-state index < -0.39 is 28.9 Å². The summed E-state index contributed by atoms with van der Waals surface area (Å²) in [5.41, 5.74) is -0.814. The fourth-order valence-corrected chi connectivity index (χ4v) is 2.44. The number of nitrogens with one attached hydrogen (secondary N) is 1. The lowest BCUT2D eigenvalue weighted by Crippen LogP contribution is -2.32. The summed E-state index contributed by atoms with van der Waals surface area (Å²) < 4.78 is 18.6. The first kappa shape index (κ1) is 15.7. The summed E-state index contributed by atoms with van der Waals surface area (Å²) in [5.74, 6) is -2.68. The number of carbonyl (C=O) groups excluding carboxylic acids is 2. The third kappa shape index (κ3) is 2.62. The summed E-state index contributed by atoms with van der Waals surface area (Å²) in [6.45, 7) is 1.44. The van der Waals surface area contributed by atoms with Gasteiger partial charge in [0.1, 0.15) is 5.82 Å². The van der Waals surface area contributed by atoms with Crippen LogP contribution < -0.4 is 5.32 Å². The maximum atomic E-state index is 13.1. The Bertz CT molecular complexity index is 830. The lowest BCUT2D eigenvalue weighted by Gasteiger charge is -2.23. The maximum Gasteiger partial charge on any atom is 0.258 e. The van der Waals surface area contributed by atoms with E-state index in [2.05, 4.69) is 5.32 Å². The molecular weight excluding hydrogens is 313 g/mol. The van der Waals surface area contributed by atoms with E-state index >= 15 is 0 Å². The smallest absolute Gasteiger partial charge is 0.258 e. The van der Waals surface area contributed by atoms with Gasteiger partial charge < -0.3 is 9.84 Å². The predicted molar refractivity (Wildman–Crippen MR) is 83.4 cm³/mol. The zero-order valence-corrected chi connectivity index (χ0v) is 12.7. The van der Waals surface area contributed by atoms with E-state index in [0.29, 0.717) is 11.1 Å². The van der Waals surface area contributed by atoms with Crippen molar-refractivity contribution in [2.75, 3.05) is 0 Å². The molecule has 0 radical (unpaired) electrons. The van der Waals surface area contributed by atoms with Crippen molar-refractivity contribution >= 4 is 11.7 Å². The largest absolute Gasteiger partial charge is 0.501 e. The average molecular weight is 327 g/mol. The topological polar surface area (TPSA) is 75.6 Å². The Morgan fingerprint density at radius 3 is 2.38 bits per heavy atom. The van der Waals surface area contributed by atoms with E-state index in [-0.39, 0.29) is 5.88 Å². The Kier molecular flexibility index (Phi) is 3.81. The molecule has 0 aromatic heterocycles. The Balaban J connectivity index is 1.85.